The standard InChI is InChI=1S/C21H29N5O3/c1-29-19-8-2-15(3-9-19)12-23-21(28)26-18-6-4-17(5-7-18)20(27)22-11-10-16-13-24-25-14-16/h2-3,8-9,13-14,17-18H,4-7,10-12H2,1H3,(H,22,27)(H,24,25)(H2,23,26,28). The van der Waals surface area contributed by atoms with Crippen LogP contribution in [0.1, 0.15) is 36.8 Å². The molecule has 3 amide bonds. The average Bonchev–Trinajstić information content (AvgIpc) is 3.26. The minimum absolute atomic E-state index is 0.0276. The molecule has 1 aromatic carbocycles. The number of aromatic nitrogens is 2. The molecule has 0 spiro atoms. The number of hydrogen-bond donors (Lipinski definition) is 4. The average molecular weight is 399 g/mol. The third-order valence-electron chi connectivity index (χ3n) is 5.31. The number of benzene rings is 1. The van der Waals surface area contributed by atoms with Crippen LogP contribution in [0, 0.1) is 5.92 Å². The highest BCUT2D eigenvalue weighted by atomic mass is 16.5. The van der Waals surface area contributed by atoms with Gasteiger partial charge in [-0.3, -0.25) is 9.89 Å². The van der Waals surface area contributed by atoms with Gasteiger partial charge >= 0.3 is 6.03 Å². The van der Waals surface area contributed by atoms with E-state index in [0.717, 1.165) is 49.0 Å². The van der Waals surface area contributed by atoms with Crippen molar-refractivity contribution < 1.29 is 14.3 Å². The van der Waals surface area contributed by atoms with Crippen LogP contribution in [0.15, 0.2) is 36.7 Å². The quantitative estimate of drug-likeness (QED) is 0.545. The lowest BCUT2D eigenvalue weighted by Gasteiger charge is -2.28. The third-order valence-corrected chi connectivity index (χ3v) is 5.31. The van der Waals surface area contributed by atoms with E-state index in [2.05, 4.69) is 26.1 Å². The van der Waals surface area contributed by atoms with Gasteiger partial charge in [0, 0.05) is 31.2 Å². The Balaban J connectivity index is 1.31. The van der Waals surface area contributed by atoms with Crippen LogP contribution < -0.4 is 20.7 Å². The Morgan fingerprint density at radius 1 is 1.10 bits per heavy atom. The zero-order chi connectivity index (χ0) is 20.5. The summed E-state index contributed by atoms with van der Waals surface area (Å²) in [5.41, 5.74) is 2.09. The number of H-pyrrole nitrogens is 1. The molecular formula is C21H29N5O3. The number of rotatable bonds is 8. The van der Waals surface area contributed by atoms with Crippen molar-refractivity contribution >= 4 is 11.9 Å². The normalized spacial score (nSPS) is 18.7. The zero-order valence-electron chi connectivity index (χ0n) is 16.7. The molecule has 1 heterocycles. The molecule has 1 aromatic heterocycles. The fourth-order valence-corrected chi connectivity index (χ4v) is 3.55. The number of amides is 3. The van der Waals surface area contributed by atoms with Crippen LogP contribution in [0.3, 0.4) is 0 Å². The molecule has 2 aromatic rings. The highest BCUT2D eigenvalue weighted by Crippen LogP contribution is 2.24. The molecule has 1 fully saturated rings. The first-order valence-corrected chi connectivity index (χ1v) is 10.1. The van der Waals surface area contributed by atoms with E-state index in [1.165, 1.54) is 0 Å². The largest absolute Gasteiger partial charge is 0.497 e. The highest BCUT2D eigenvalue weighted by Gasteiger charge is 2.26. The van der Waals surface area contributed by atoms with Gasteiger partial charge in [-0.1, -0.05) is 12.1 Å². The van der Waals surface area contributed by atoms with Crippen molar-refractivity contribution in [3.8, 4) is 5.75 Å². The minimum atomic E-state index is -0.172. The molecule has 0 unspecified atom stereocenters. The fourth-order valence-electron chi connectivity index (χ4n) is 3.55. The molecule has 1 aliphatic carbocycles. The van der Waals surface area contributed by atoms with Crippen molar-refractivity contribution in [3.05, 3.63) is 47.8 Å². The van der Waals surface area contributed by atoms with Gasteiger partial charge in [0.25, 0.3) is 0 Å². The predicted octanol–water partition coefficient (Wildman–Crippen LogP) is 2.14. The van der Waals surface area contributed by atoms with E-state index in [-0.39, 0.29) is 23.9 Å². The van der Waals surface area contributed by atoms with Gasteiger partial charge in [-0.25, -0.2) is 4.79 Å². The van der Waals surface area contributed by atoms with Crippen LogP contribution in [-0.4, -0.2) is 41.8 Å². The zero-order valence-corrected chi connectivity index (χ0v) is 16.7. The lowest BCUT2D eigenvalue weighted by molar-refractivity contribution is -0.126. The van der Waals surface area contributed by atoms with E-state index >= 15 is 0 Å². The highest BCUT2D eigenvalue weighted by molar-refractivity contribution is 5.79. The Kier molecular flexibility index (Phi) is 7.49. The maximum atomic E-state index is 12.3. The Morgan fingerprint density at radius 3 is 2.52 bits per heavy atom. The second kappa shape index (κ2) is 10.5. The van der Waals surface area contributed by atoms with Gasteiger partial charge < -0.3 is 20.7 Å². The maximum Gasteiger partial charge on any atom is 0.315 e. The van der Waals surface area contributed by atoms with Crippen molar-refractivity contribution in [2.75, 3.05) is 13.7 Å². The van der Waals surface area contributed by atoms with Crippen molar-refractivity contribution in [3.63, 3.8) is 0 Å². The molecule has 29 heavy (non-hydrogen) atoms. The summed E-state index contributed by atoms with van der Waals surface area (Å²) >= 11 is 0. The molecule has 1 aliphatic rings. The third kappa shape index (κ3) is 6.51. The first kappa shape index (κ1) is 20.7. The molecule has 8 nitrogen and oxygen atoms in total. The monoisotopic (exact) mass is 399 g/mol. The molecule has 4 N–H and O–H groups in total. The summed E-state index contributed by atoms with van der Waals surface area (Å²) in [7, 11) is 1.63. The number of aromatic amines is 1. The fraction of sp³-hybridized carbons (Fsp3) is 0.476. The van der Waals surface area contributed by atoms with Crippen LogP contribution in [0.2, 0.25) is 0 Å². The van der Waals surface area contributed by atoms with Crippen molar-refractivity contribution in [1.82, 2.24) is 26.1 Å². The van der Waals surface area contributed by atoms with E-state index in [4.69, 9.17) is 4.74 Å². The van der Waals surface area contributed by atoms with Crippen LogP contribution >= 0.6 is 0 Å². The number of nitrogens with zero attached hydrogens (tertiary/aromatic N) is 1. The molecule has 3 rings (SSSR count). The van der Waals surface area contributed by atoms with Gasteiger partial charge in [0.1, 0.15) is 5.75 Å². The van der Waals surface area contributed by atoms with E-state index < -0.39 is 0 Å². The van der Waals surface area contributed by atoms with Crippen molar-refractivity contribution in [2.24, 2.45) is 5.92 Å². The summed E-state index contributed by atoms with van der Waals surface area (Å²) in [4.78, 5) is 24.5. The Bertz CT molecular complexity index is 768. The van der Waals surface area contributed by atoms with Crippen LogP contribution in [0.4, 0.5) is 4.79 Å². The van der Waals surface area contributed by atoms with Crippen molar-refractivity contribution in [1.29, 1.82) is 0 Å². The summed E-state index contributed by atoms with van der Waals surface area (Å²) in [6, 6.07) is 7.53. The van der Waals surface area contributed by atoms with Gasteiger partial charge in [-0.2, -0.15) is 5.10 Å². The number of carbonyl (C=O) groups excluding carboxylic acids is 2. The Labute approximate surface area is 170 Å². The van der Waals surface area contributed by atoms with Gasteiger partial charge in [0.2, 0.25) is 5.91 Å². The van der Waals surface area contributed by atoms with E-state index in [1.807, 2.05) is 30.5 Å². The SMILES string of the molecule is COc1ccc(CNC(=O)NC2CCC(C(=O)NCCc3cn[nH]c3)CC2)cc1. The molecular weight excluding hydrogens is 370 g/mol. The summed E-state index contributed by atoms with van der Waals surface area (Å²) in [6.07, 6.45) is 7.59. The number of methoxy groups -OCH3 is 1. The van der Waals surface area contributed by atoms with Crippen LogP contribution in [0.25, 0.3) is 0 Å². The van der Waals surface area contributed by atoms with Gasteiger partial charge in [-0.15, -0.1) is 0 Å². The van der Waals surface area contributed by atoms with E-state index in [0.29, 0.717) is 13.1 Å². The molecule has 0 aliphatic heterocycles. The maximum absolute atomic E-state index is 12.3. The number of carbonyl (C=O) groups is 2. The van der Waals surface area contributed by atoms with Crippen LogP contribution in [-0.2, 0) is 17.8 Å². The number of ether oxygens (including phenoxy) is 1. The second-order valence-electron chi connectivity index (χ2n) is 7.37. The summed E-state index contributed by atoms with van der Waals surface area (Å²) in [5.74, 6) is 0.927. The Hall–Kier alpha value is -3.03. The second-order valence-corrected chi connectivity index (χ2v) is 7.37. The summed E-state index contributed by atoms with van der Waals surface area (Å²) in [5, 5.41) is 15.6. The number of hydrogen-bond acceptors (Lipinski definition) is 4. The number of urea groups is 1. The molecule has 8 heteroatoms. The molecule has 0 bridgehead atoms. The lowest BCUT2D eigenvalue weighted by Crippen LogP contribution is -2.44. The topological polar surface area (TPSA) is 108 Å². The Morgan fingerprint density at radius 2 is 1.86 bits per heavy atom. The first-order valence-electron chi connectivity index (χ1n) is 10.1. The smallest absolute Gasteiger partial charge is 0.315 e. The van der Waals surface area contributed by atoms with Gasteiger partial charge in [0.15, 0.2) is 0 Å². The van der Waals surface area contributed by atoms with E-state index in [9.17, 15) is 9.59 Å². The van der Waals surface area contributed by atoms with Gasteiger partial charge in [-0.05, 0) is 55.4 Å². The first-order chi connectivity index (χ1) is 14.1. The molecule has 156 valence electrons. The molecule has 0 radical (unpaired) electrons. The summed E-state index contributed by atoms with van der Waals surface area (Å²) < 4.78 is 5.13. The predicted molar refractivity (Wildman–Crippen MR) is 109 cm³/mol. The molecule has 1 saturated carbocycles. The van der Waals surface area contributed by atoms with E-state index in [1.54, 1.807) is 13.3 Å². The van der Waals surface area contributed by atoms with Crippen molar-refractivity contribution in [2.45, 2.75) is 44.7 Å². The van der Waals surface area contributed by atoms with Gasteiger partial charge in [0.05, 0.1) is 13.3 Å². The van der Waals surface area contributed by atoms with Crippen LogP contribution in [0.5, 0.6) is 5.75 Å². The molecule has 0 saturated heterocycles. The minimum Gasteiger partial charge on any atom is -0.497 e. The molecule has 0 atom stereocenters. The summed E-state index contributed by atoms with van der Waals surface area (Å²) in [6.45, 7) is 1.08. The lowest BCUT2D eigenvalue weighted by atomic mass is 9.85. The number of nitrogens with one attached hydrogen (secondary N) is 4.